The zero-order valence-corrected chi connectivity index (χ0v) is 34.6. The smallest absolute Gasteiger partial charge is 0.340 e. The number of rotatable bonds is 10. The molecule has 4 aromatic heterocycles. The van der Waals surface area contributed by atoms with Crippen LogP contribution in [-0.4, -0.2) is 54.0 Å². The van der Waals surface area contributed by atoms with E-state index < -0.39 is 5.97 Å². The predicted octanol–water partition coefficient (Wildman–Crippen LogP) is 10.2. The summed E-state index contributed by atoms with van der Waals surface area (Å²) in [6.07, 6.45) is 2.88. The van der Waals surface area contributed by atoms with Gasteiger partial charge in [0, 0.05) is 58.4 Å². The number of fused-ring (bicyclic) bond motifs is 4. The number of aryl methyl sites for hydroxylation is 6. The molecule has 0 saturated carbocycles. The van der Waals surface area contributed by atoms with E-state index in [0.717, 1.165) is 72.1 Å². The molecule has 1 aliphatic heterocycles. The third-order valence-corrected chi connectivity index (χ3v) is 12.2. The van der Waals surface area contributed by atoms with Crippen molar-refractivity contribution < 1.29 is 19.4 Å². The molecule has 0 fully saturated rings. The molecule has 8 rings (SSSR count). The number of halogens is 2. The molecule has 0 saturated heterocycles. The number of hydrogen-bond acceptors (Lipinski definition) is 5. The quantitative estimate of drug-likeness (QED) is 0.138. The highest BCUT2D eigenvalue weighted by Gasteiger charge is 2.40. The van der Waals surface area contributed by atoms with Crippen LogP contribution in [0.3, 0.4) is 0 Å². The summed E-state index contributed by atoms with van der Waals surface area (Å²) in [7, 11) is 1.91. The lowest BCUT2D eigenvalue weighted by atomic mass is 9.98. The van der Waals surface area contributed by atoms with Crippen molar-refractivity contribution in [3.63, 3.8) is 0 Å². The number of carboxylic acid groups (broad SMARTS) is 1. The van der Waals surface area contributed by atoms with Gasteiger partial charge in [0.2, 0.25) is 0 Å². The minimum Gasteiger partial charge on any atom is -0.494 e. The average Bonchev–Trinajstić information content (AvgIpc) is 3.76. The SMILES string of the molecule is Cc1ccnc(Cn2c(N3C[C@@H](C)n4c(c(CCCOc5cc(C)c(Cl)c(C)c5)c5ccc(Cl)c(-c6c(C)nn(C)c6C)c54)C3=O)c(C(=O)O)c3ccccc32)c1. The Morgan fingerprint density at radius 3 is 2.39 bits per heavy atom. The summed E-state index contributed by atoms with van der Waals surface area (Å²) in [5.74, 6) is -0.317. The normalized spacial score (nSPS) is 14.2. The van der Waals surface area contributed by atoms with Crippen LogP contribution in [0.4, 0.5) is 5.82 Å². The first kappa shape index (κ1) is 38.3. The number of carbonyl (C=O) groups excluding carboxylic acids is 1. The number of hydrogen-bond donors (Lipinski definition) is 1. The molecule has 1 amide bonds. The molecule has 3 aromatic carbocycles. The van der Waals surface area contributed by atoms with Gasteiger partial charge in [-0.15, -0.1) is 0 Å². The number of carbonyl (C=O) groups is 2. The number of aromatic nitrogens is 5. The highest BCUT2D eigenvalue weighted by atomic mass is 35.5. The fraction of sp³-hybridized carbons (Fsp3) is 0.289. The number of para-hydroxylation sites is 1. The highest BCUT2D eigenvalue weighted by molar-refractivity contribution is 6.35. The van der Waals surface area contributed by atoms with Gasteiger partial charge in [0.25, 0.3) is 5.91 Å². The van der Waals surface area contributed by atoms with Gasteiger partial charge in [0.05, 0.1) is 40.6 Å². The number of carboxylic acids is 1. The van der Waals surface area contributed by atoms with Crippen molar-refractivity contribution in [1.82, 2.24) is 23.9 Å². The molecule has 0 bridgehead atoms. The van der Waals surface area contributed by atoms with Crippen LogP contribution in [0.5, 0.6) is 5.75 Å². The molecule has 57 heavy (non-hydrogen) atoms. The van der Waals surface area contributed by atoms with E-state index >= 15 is 4.79 Å². The van der Waals surface area contributed by atoms with Crippen LogP contribution in [0.25, 0.3) is 32.9 Å². The van der Waals surface area contributed by atoms with Crippen LogP contribution in [0, 0.1) is 34.6 Å². The number of benzene rings is 3. The Labute approximate surface area is 341 Å². The molecule has 0 spiro atoms. The van der Waals surface area contributed by atoms with Gasteiger partial charge in [-0.25, -0.2) is 4.79 Å². The lowest BCUT2D eigenvalue weighted by Crippen LogP contribution is -2.44. The van der Waals surface area contributed by atoms with E-state index in [1.165, 1.54) is 0 Å². The number of aromatic carboxylic acids is 1. The van der Waals surface area contributed by atoms with Gasteiger partial charge >= 0.3 is 5.97 Å². The maximum atomic E-state index is 15.5. The van der Waals surface area contributed by atoms with E-state index in [0.29, 0.717) is 46.9 Å². The first-order chi connectivity index (χ1) is 27.3. The number of anilines is 1. The number of nitrogens with zero attached hydrogens (tertiary/aromatic N) is 6. The van der Waals surface area contributed by atoms with E-state index in [2.05, 4.69) is 16.5 Å². The molecular weight excluding hydrogens is 759 g/mol. The van der Waals surface area contributed by atoms with Crippen molar-refractivity contribution in [3.05, 3.63) is 127 Å². The van der Waals surface area contributed by atoms with Gasteiger partial charge < -0.3 is 19.0 Å². The van der Waals surface area contributed by atoms with E-state index in [-0.39, 0.29) is 30.6 Å². The van der Waals surface area contributed by atoms with Crippen molar-refractivity contribution in [1.29, 1.82) is 0 Å². The summed E-state index contributed by atoms with van der Waals surface area (Å²) in [5.41, 5.74) is 10.2. The van der Waals surface area contributed by atoms with E-state index in [4.69, 9.17) is 33.0 Å². The Kier molecular flexibility index (Phi) is 9.90. The zero-order chi connectivity index (χ0) is 40.4. The number of ether oxygens (including phenoxy) is 1. The van der Waals surface area contributed by atoms with Crippen molar-refractivity contribution >= 4 is 62.7 Å². The molecule has 1 N–H and O–H groups in total. The summed E-state index contributed by atoms with van der Waals surface area (Å²) in [5, 5.41) is 18.3. The van der Waals surface area contributed by atoms with E-state index in [1.54, 1.807) is 17.2 Å². The van der Waals surface area contributed by atoms with Gasteiger partial charge in [-0.2, -0.15) is 5.10 Å². The summed E-state index contributed by atoms with van der Waals surface area (Å²) in [4.78, 5) is 35.1. The molecule has 5 heterocycles. The standard InChI is InChI=1S/C45H44Cl2N6O4/c1-24-16-17-48-30(19-24)23-51-36-13-9-8-11-34(36)38(45(55)56)43(51)52-22-27(4)53-41-33(14-15-35(46)39(41)37-28(5)49-50(7)29(37)6)32(42(53)44(52)54)12-10-18-57-31-20-25(2)40(47)26(3)21-31/h8-9,11,13-17,19-21,27H,10,12,18,22-23H2,1-7H3,(H,55,56)/t27-/m1/s1. The molecule has 12 heteroatoms. The van der Waals surface area contributed by atoms with Gasteiger partial charge in [0.1, 0.15) is 22.8 Å². The van der Waals surface area contributed by atoms with Crippen LogP contribution in [-0.2, 0) is 20.0 Å². The second-order valence-corrected chi connectivity index (χ2v) is 16.0. The molecular formula is C45H44Cl2N6O4. The van der Waals surface area contributed by atoms with E-state index in [9.17, 15) is 9.90 Å². The molecule has 0 unspecified atom stereocenters. The number of amides is 1. The Bertz CT molecular complexity index is 2760. The highest BCUT2D eigenvalue weighted by Crippen LogP contribution is 2.46. The predicted molar refractivity (Wildman–Crippen MR) is 227 cm³/mol. The third kappa shape index (κ3) is 6.45. The van der Waals surface area contributed by atoms with Crippen LogP contribution in [0.15, 0.2) is 66.9 Å². The maximum absolute atomic E-state index is 15.5. The minimum atomic E-state index is -1.11. The zero-order valence-electron chi connectivity index (χ0n) is 33.1. The fourth-order valence-electron chi connectivity index (χ4n) is 8.70. The van der Waals surface area contributed by atoms with Gasteiger partial charge in [-0.3, -0.25) is 19.4 Å². The first-order valence-electron chi connectivity index (χ1n) is 19.1. The average molecular weight is 804 g/mol. The van der Waals surface area contributed by atoms with Gasteiger partial charge in [-0.1, -0.05) is 47.5 Å². The first-order valence-corrected chi connectivity index (χ1v) is 19.9. The van der Waals surface area contributed by atoms with Crippen LogP contribution >= 0.6 is 23.2 Å². The second kappa shape index (κ2) is 14.7. The molecule has 1 aliphatic rings. The van der Waals surface area contributed by atoms with Gasteiger partial charge in [0.15, 0.2) is 0 Å². The van der Waals surface area contributed by atoms with Crippen molar-refractivity contribution in [2.24, 2.45) is 7.05 Å². The Morgan fingerprint density at radius 1 is 0.965 bits per heavy atom. The van der Waals surface area contributed by atoms with Crippen LogP contribution in [0.1, 0.15) is 79.6 Å². The van der Waals surface area contributed by atoms with E-state index in [1.807, 2.05) is 106 Å². The molecule has 7 aromatic rings. The fourth-order valence-corrected chi connectivity index (χ4v) is 9.06. The molecule has 10 nitrogen and oxygen atoms in total. The summed E-state index contributed by atoms with van der Waals surface area (Å²) in [6.45, 7) is 12.9. The summed E-state index contributed by atoms with van der Waals surface area (Å²) >= 11 is 13.6. The summed E-state index contributed by atoms with van der Waals surface area (Å²) in [6, 6.07) is 18.8. The van der Waals surface area contributed by atoms with Crippen molar-refractivity contribution in [2.45, 2.75) is 67.0 Å². The van der Waals surface area contributed by atoms with Crippen molar-refractivity contribution in [2.75, 3.05) is 18.1 Å². The Balaban J connectivity index is 1.31. The number of pyridine rings is 1. The Morgan fingerprint density at radius 2 is 1.70 bits per heavy atom. The van der Waals surface area contributed by atoms with Crippen LogP contribution < -0.4 is 9.64 Å². The second-order valence-electron chi connectivity index (χ2n) is 15.2. The molecule has 1 atom stereocenters. The third-order valence-electron chi connectivity index (χ3n) is 11.3. The Hall–Kier alpha value is -5.58. The lowest BCUT2D eigenvalue weighted by molar-refractivity contribution is 0.0699. The van der Waals surface area contributed by atoms with Crippen molar-refractivity contribution in [3.8, 4) is 16.9 Å². The molecule has 0 aliphatic carbocycles. The molecule has 0 radical (unpaired) electrons. The topological polar surface area (TPSA) is 107 Å². The van der Waals surface area contributed by atoms with Crippen LogP contribution in [0.2, 0.25) is 10.0 Å². The lowest BCUT2D eigenvalue weighted by Gasteiger charge is -2.35. The molecule has 292 valence electrons. The van der Waals surface area contributed by atoms with Gasteiger partial charge in [-0.05, 0) is 113 Å². The maximum Gasteiger partial charge on any atom is 0.340 e. The largest absolute Gasteiger partial charge is 0.494 e. The minimum absolute atomic E-state index is 0.0807. The summed E-state index contributed by atoms with van der Waals surface area (Å²) < 4.78 is 12.2. The monoisotopic (exact) mass is 802 g/mol.